The van der Waals surface area contributed by atoms with Gasteiger partial charge in [-0.05, 0) is 31.7 Å². The molecule has 0 saturated carbocycles. The molecule has 108 valence electrons. The highest BCUT2D eigenvalue weighted by Crippen LogP contribution is 2.26. The zero-order valence-electron chi connectivity index (χ0n) is 12.8. The molecule has 0 spiro atoms. The molecule has 0 aromatic heterocycles. The van der Waals surface area contributed by atoms with Crippen molar-refractivity contribution in [1.29, 1.82) is 0 Å². The summed E-state index contributed by atoms with van der Waals surface area (Å²) in [6, 6.07) is 19.9. The second kappa shape index (κ2) is 7.58. The van der Waals surface area contributed by atoms with E-state index in [2.05, 4.69) is 32.1 Å². The van der Waals surface area contributed by atoms with Gasteiger partial charge in [0.15, 0.2) is 5.78 Å². The van der Waals surface area contributed by atoms with Crippen molar-refractivity contribution in [2.75, 3.05) is 0 Å². The molecule has 0 heterocycles. The summed E-state index contributed by atoms with van der Waals surface area (Å²) < 4.78 is 0. The molecule has 0 aliphatic carbocycles. The van der Waals surface area contributed by atoms with Crippen LogP contribution in [0.15, 0.2) is 72.3 Å². The molecular weight excluding hydrogens is 256 g/mol. The summed E-state index contributed by atoms with van der Waals surface area (Å²) in [5.41, 5.74) is 3.33. The van der Waals surface area contributed by atoms with Crippen molar-refractivity contribution in [3.8, 4) is 0 Å². The standard InChI is InChI=1S/C20H22O/c1-16(2)13-14-19(17-9-5-3-6-10-17)15-20(21)18-11-7-4-8-12-18/h3-13,19H,14-15H2,1-2H3/t19-/m0/s1. The molecule has 0 N–H and O–H groups in total. The van der Waals surface area contributed by atoms with E-state index in [1.165, 1.54) is 11.1 Å². The average Bonchev–Trinajstić information content (AvgIpc) is 2.52. The Bertz CT molecular complexity index is 592. The third-order valence-electron chi connectivity index (χ3n) is 3.61. The van der Waals surface area contributed by atoms with Gasteiger partial charge in [-0.25, -0.2) is 0 Å². The summed E-state index contributed by atoms with van der Waals surface area (Å²) in [5.74, 6) is 0.459. The van der Waals surface area contributed by atoms with Gasteiger partial charge in [0.1, 0.15) is 0 Å². The first-order chi connectivity index (χ1) is 10.2. The maximum absolute atomic E-state index is 12.5. The minimum absolute atomic E-state index is 0.214. The third kappa shape index (κ3) is 4.71. The van der Waals surface area contributed by atoms with E-state index in [0.717, 1.165) is 12.0 Å². The molecule has 21 heavy (non-hydrogen) atoms. The lowest BCUT2D eigenvalue weighted by Crippen LogP contribution is -2.07. The molecule has 0 saturated heterocycles. The average molecular weight is 278 g/mol. The van der Waals surface area contributed by atoms with E-state index in [1.54, 1.807) is 0 Å². The Morgan fingerprint density at radius 3 is 2.10 bits per heavy atom. The van der Waals surface area contributed by atoms with E-state index < -0.39 is 0 Å². The Balaban J connectivity index is 2.16. The van der Waals surface area contributed by atoms with Crippen LogP contribution in [-0.2, 0) is 0 Å². The molecule has 2 rings (SSSR count). The quantitative estimate of drug-likeness (QED) is 0.511. The van der Waals surface area contributed by atoms with Gasteiger partial charge in [0.2, 0.25) is 0 Å². The SMILES string of the molecule is CC(C)=CC[C@@H](CC(=O)c1ccccc1)c1ccccc1. The van der Waals surface area contributed by atoms with Crippen LogP contribution in [0.2, 0.25) is 0 Å². The largest absolute Gasteiger partial charge is 0.294 e. The Hall–Kier alpha value is -2.15. The fourth-order valence-corrected chi connectivity index (χ4v) is 2.41. The first-order valence-corrected chi connectivity index (χ1v) is 7.43. The van der Waals surface area contributed by atoms with Crippen molar-refractivity contribution in [3.05, 3.63) is 83.4 Å². The van der Waals surface area contributed by atoms with Crippen molar-refractivity contribution < 1.29 is 4.79 Å². The predicted octanol–water partition coefficient (Wildman–Crippen LogP) is 5.40. The number of ketones is 1. The van der Waals surface area contributed by atoms with Crippen molar-refractivity contribution in [1.82, 2.24) is 0 Å². The zero-order valence-corrected chi connectivity index (χ0v) is 12.8. The molecular formula is C20H22O. The second-order valence-electron chi connectivity index (χ2n) is 5.62. The minimum atomic E-state index is 0.214. The zero-order chi connectivity index (χ0) is 15.1. The van der Waals surface area contributed by atoms with Crippen LogP contribution in [0.25, 0.3) is 0 Å². The molecule has 0 amide bonds. The van der Waals surface area contributed by atoms with Crippen LogP contribution < -0.4 is 0 Å². The molecule has 2 aromatic carbocycles. The second-order valence-corrected chi connectivity index (χ2v) is 5.62. The van der Waals surface area contributed by atoms with Crippen LogP contribution >= 0.6 is 0 Å². The van der Waals surface area contributed by atoms with Gasteiger partial charge in [-0.2, -0.15) is 0 Å². The lowest BCUT2D eigenvalue weighted by Gasteiger charge is -2.15. The molecule has 0 aliphatic heterocycles. The number of rotatable bonds is 6. The predicted molar refractivity (Wildman–Crippen MR) is 88.6 cm³/mol. The number of carbonyl (C=O) groups excluding carboxylic acids is 1. The molecule has 1 nitrogen and oxygen atoms in total. The molecule has 0 radical (unpaired) electrons. The fraction of sp³-hybridized carbons (Fsp3) is 0.250. The van der Waals surface area contributed by atoms with Gasteiger partial charge in [0, 0.05) is 12.0 Å². The smallest absolute Gasteiger partial charge is 0.163 e. The summed E-state index contributed by atoms with van der Waals surface area (Å²) in [4.78, 5) is 12.5. The van der Waals surface area contributed by atoms with Gasteiger partial charge in [-0.15, -0.1) is 0 Å². The Kier molecular flexibility index (Phi) is 5.51. The monoisotopic (exact) mass is 278 g/mol. The van der Waals surface area contributed by atoms with Crippen molar-refractivity contribution in [2.24, 2.45) is 0 Å². The summed E-state index contributed by atoms with van der Waals surface area (Å²) in [6.07, 6.45) is 3.68. The summed E-state index contributed by atoms with van der Waals surface area (Å²) in [7, 11) is 0. The number of hydrogen-bond acceptors (Lipinski definition) is 1. The lowest BCUT2D eigenvalue weighted by atomic mass is 9.88. The Labute approximate surface area is 127 Å². The van der Waals surface area contributed by atoms with Gasteiger partial charge >= 0.3 is 0 Å². The van der Waals surface area contributed by atoms with Crippen molar-refractivity contribution in [3.63, 3.8) is 0 Å². The highest BCUT2D eigenvalue weighted by molar-refractivity contribution is 5.96. The van der Waals surface area contributed by atoms with Crippen molar-refractivity contribution in [2.45, 2.75) is 32.6 Å². The maximum Gasteiger partial charge on any atom is 0.163 e. The van der Waals surface area contributed by atoms with E-state index in [0.29, 0.717) is 6.42 Å². The number of carbonyl (C=O) groups is 1. The van der Waals surface area contributed by atoms with E-state index in [1.807, 2.05) is 48.5 Å². The molecule has 0 aliphatic rings. The van der Waals surface area contributed by atoms with Crippen LogP contribution in [0, 0.1) is 0 Å². The van der Waals surface area contributed by atoms with E-state index in [9.17, 15) is 4.79 Å². The van der Waals surface area contributed by atoms with E-state index >= 15 is 0 Å². The summed E-state index contributed by atoms with van der Waals surface area (Å²) >= 11 is 0. The van der Waals surface area contributed by atoms with E-state index in [4.69, 9.17) is 0 Å². The van der Waals surface area contributed by atoms with Gasteiger partial charge in [0.25, 0.3) is 0 Å². The van der Waals surface area contributed by atoms with Gasteiger partial charge in [-0.3, -0.25) is 4.79 Å². The highest BCUT2D eigenvalue weighted by Gasteiger charge is 2.16. The first-order valence-electron chi connectivity index (χ1n) is 7.43. The highest BCUT2D eigenvalue weighted by atomic mass is 16.1. The van der Waals surface area contributed by atoms with Crippen LogP contribution in [0.4, 0.5) is 0 Å². The number of Topliss-reactive ketones (excluding diaryl/α,β-unsaturated/α-hetero) is 1. The van der Waals surface area contributed by atoms with Gasteiger partial charge in [0.05, 0.1) is 0 Å². The minimum Gasteiger partial charge on any atom is -0.294 e. The molecule has 0 fully saturated rings. The van der Waals surface area contributed by atoms with Crippen LogP contribution in [0.1, 0.15) is 48.5 Å². The Morgan fingerprint density at radius 2 is 1.52 bits per heavy atom. The van der Waals surface area contributed by atoms with Crippen LogP contribution in [0.5, 0.6) is 0 Å². The van der Waals surface area contributed by atoms with Crippen molar-refractivity contribution >= 4 is 5.78 Å². The fourth-order valence-electron chi connectivity index (χ4n) is 2.41. The number of hydrogen-bond donors (Lipinski definition) is 0. The van der Waals surface area contributed by atoms with Gasteiger partial charge in [-0.1, -0.05) is 72.3 Å². The molecule has 2 aromatic rings. The van der Waals surface area contributed by atoms with Crippen LogP contribution in [-0.4, -0.2) is 5.78 Å². The molecule has 1 atom stereocenters. The van der Waals surface area contributed by atoms with Gasteiger partial charge < -0.3 is 0 Å². The summed E-state index contributed by atoms with van der Waals surface area (Å²) in [5, 5.41) is 0. The normalized spacial score (nSPS) is 11.7. The molecule has 0 bridgehead atoms. The lowest BCUT2D eigenvalue weighted by molar-refractivity contribution is 0.0973. The van der Waals surface area contributed by atoms with Crippen LogP contribution in [0.3, 0.4) is 0 Å². The first kappa shape index (κ1) is 15.2. The number of allylic oxidation sites excluding steroid dienone is 2. The van der Waals surface area contributed by atoms with E-state index in [-0.39, 0.29) is 11.7 Å². The Morgan fingerprint density at radius 1 is 0.952 bits per heavy atom. The maximum atomic E-state index is 12.5. The molecule has 1 heteroatoms. The number of benzene rings is 2. The third-order valence-corrected chi connectivity index (χ3v) is 3.61. The summed E-state index contributed by atoms with van der Waals surface area (Å²) in [6.45, 7) is 4.20. The molecule has 0 unspecified atom stereocenters. The topological polar surface area (TPSA) is 17.1 Å².